The van der Waals surface area contributed by atoms with Gasteiger partial charge in [0.2, 0.25) is 11.8 Å². The van der Waals surface area contributed by atoms with Crippen LogP contribution in [0.3, 0.4) is 0 Å². The fraction of sp³-hybridized carbons (Fsp3) is 0.267. The second kappa shape index (κ2) is 7.65. The topological polar surface area (TPSA) is 79.8 Å². The lowest BCUT2D eigenvalue weighted by atomic mass is 10.2. The maximum Gasteiger partial charge on any atom is 0.240 e. The van der Waals surface area contributed by atoms with Gasteiger partial charge in [0.25, 0.3) is 0 Å². The van der Waals surface area contributed by atoms with Crippen molar-refractivity contribution < 1.29 is 14.3 Å². The first-order chi connectivity index (χ1) is 10.6. The lowest BCUT2D eigenvalue weighted by Gasteiger charge is -2.08. The van der Waals surface area contributed by atoms with Crippen molar-refractivity contribution in [2.45, 2.75) is 11.7 Å². The van der Waals surface area contributed by atoms with Gasteiger partial charge in [-0.3, -0.25) is 14.6 Å². The Morgan fingerprint density at radius 1 is 1.59 bits per heavy atom. The van der Waals surface area contributed by atoms with Crippen LogP contribution in [0.2, 0.25) is 0 Å². The molecule has 1 aromatic carbocycles. The maximum atomic E-state index is 12.0. The van der Waals surface area contributed by atoms with Crippen LogP contribution in [0.25, 0.3) is 0 Å². The zero-order chi connectivity index (χ0) is 15.9. The predicted molar refractivity (Wildman–Crippen MR) is 88.3 cm³/mol. The summed E-state index contributed by atoms with van der Waals surface area (Å²) in [6, 6.07) is 7.06. The first-order valence-electron chi connectivity index (χ1n) is 6.69. The number of carbonyl (C=O) groups is 2. The van der Waals surface area contributed by atoms with Gasteiger partial charge in [0, 0.05) is 18.2 Å². The van der Waals surface area contributed by atoms with E-state index in [1.165, 1.54) is 11.8 Å². The van der Waals surface area contributed by atoms with Crippen molar-refractivity contribution in [3.05, 3.63) is 36.9 Å². The summed E-state index contributed by atoms with van der Waals surface area (Å²) in [6.07, 6.45) is 1.73. The van der Waals surface area contributed by atoms with E-state index in [1.54, 1.807) is 37.5 Å². The van der Waals surface area contributed by atoms with Crippen LogP contribution in [0, 0.1) is 0 Å². The normalized spacial score (nSPS) is 18.9. The van der Waals surface area contributed by atoms with Crippen LogP contribution in [-0.4, -0.2) is 35.9 Å². The Labute approximate surface area is 133 Å². The summed E-state index contributed by atoms with van der Waals surface area (Å²) in [7, 11) is 1.56. The number of carbonyl (C=O) groups excluding carboxylic acids is 2. The molecule has 7 heteroatoms. The fourth-order valence-electron chi connectivity index (χ4n) is 1.84. The number of nitrogens with one attached hydrogen (secondary N) is 2. The molecular formula is C15H17N3O3S. The highest BCUT2D eigenvalue weighted by atomic mass is 32.2. The van der Waals surface area contributed by atoms with Gasteiger partial charge in [0.15, 0.2) is 5.17 Å². The molecule has 1 aliphatic heterocycles. The van der Waals surface area contributed by atoms with Crippen molar-refractivity contribution in [2.24, 2.45) is 4.99 Å². The SMILES string of the molecule is C=CCN=C1NC(=O)[C@@H](CC(=O)Nc2cccc(OC)c2)S1. The maximum absolute atomic E-state index is 12.0. The molecule has 0 radical (unpaired) electrons. The van der Waals surface area contributed by atoms with Crippen LogP contribution in [0.15, 0.2) is 41.9 Å². The number of hydrogen-bond donors (Lipinski definition) is 2. The second-order valence-electron chi connectivity index (χ2n) is 4.51. The number of rotatable bonds is 6. The summed E-state index contributed by atoms with van der Waals surface area (Å²) in [6.45, 7) is 4.00. The van der Waals surface area contributed by atoms with Gasteiger partial charge in [0.1, 0.15) is 11.0 Å². The molecule has 2 amide bonds. The van der Waals surface area contributed by atoms with E-state index in [-0.39, 0.29) is 18.2 Å². The van der Waals surface area contributed by atoms with Crippen LogP contribution >= 0.6 is 11.8 Å². The monoisotopic (exact) mass is 319 g/mol. The Hall–Kier alpha value is -2.28. The number of amides is 2. The van der Waals surface area contributed by atoms with Gasteiger partial charge in [0.05, 0.1) is 13.7 Å². The molecule has 22 heavy (non-hydrogen) atoms. The molecule has 0 saturated carbocycles. The van der Waals surface area contributed by atoms with Crippen molar-refractivity contribution in [3.63, 3.8) is 0 Å². The van der Waals surface area contributed by atoms with Crippen LogP contribution in [-0.2, 0) is 9.59 Å². The lowest BCUT2D eigenvalue weighted by molar-refractivity contribution is -0.122. The average molecular weight is 319 g/mol. The molecule has 0 bridgehead atoms. The fourth-order valence-corrected chi connectivity index (χ4v) is 2.82. The van der Waals surface area contributed by atoms with Crippen LogP contribution in [0.5, 0.6) is 5.75 Å². The van der Waals surface area contributed by atoms with E-state index in [2.05, 4.69) is 22.2 Å². The van der Waals surface area contributed by atoms with Crippen molar-refractivity contribution >= 4 is 34.4 Å². The van der Waals surface area contributed by atoms with E-state index in [4.69, 9.17) is 4.74 Å². The molecule has 1 heterocycles. The molecule has 2 N–H and O–H groups in total. The highest BCUT2D eigenvalue weighted by Crippen LogP contribution is 2.23. The Balaban J connectivity index is 1.91. The molecule has 0 aromatic heterocycles. The molecule has 0 unspecified atom stereocenters. The first-order valence-corrected chi connectivity index (χ1v) is 7.57. The van der Waals surface area contributed by atoms with Gasteiger partial charge < -0.3 is 15.4 Å². The standard InChI is InChI=1S/C15H17N3O3S/c1-3-7-16-15-18-14(20)12(22-15)9-13(19)17-10-5-4-6-11(8-10)21-2/h3-6,8,12H,1,7,9H2,2H3,(H,17,19)(H,16,18,20)/t12-/m1/s1. The van der Waals surface area contributed by atoms with E-state index in [9.17, 15) is 9.59 Å². The molecule has 1 fully saturated rings. The predicted octanol–water partition coefficient (Wildman–Crippen LogP) is 1.80. The van der Waals surface area contributed by atoms with Crippen molar-refractivity contribution in [3.8, 4) is 5.75 Å². The minimum atomic E-state index is -0.464. The Morgan fingerprint density at radius 2 is 2.41 bits per heavy atom. The van der Waals surface area contributed by atoms with Crippen molar-refractivity contribution in [2.75, 3.05) is 19.0 Å². The summed E-state index contributed by atoms with van der Waals surface area (Å²) in [5.74, 6) is 0.226. The lowest BCUT2D eigenvalue weighted by Crippen LogP contribution is -2.28. The quantitative estimate of drug-likeness (QED) is 0.784. The van der Waals surface area contributed by atoms with Crippen LogP contribution < -0.4 is 15.4 Å². The number of aliphatic imine (C=N–C) groups is 1. The third-order valence-corrected chi connectivity index (χ3v) is 3.98. The first kappa shape index (κ1) is 16.1. The molecular weight excluding hydrogens is 302 g/mol. The highest BCUT2D eigenvalue weighted by Gasteiger charge is 2.31. The molecule has 0 aliphatic carbocycles. The summed E-state index contributed by atoms with van der Waals surface area (Å²) >= 11 is 1.26. The average Bonchev–Trinajstić information content (AvgIpc) is 2.85. The Kier molecular flexibility index (Phi) is 5.60. The molecule has 0 spiro atoms. The van der Waals surface area contributed by atoms with Gasteiger partial charge in [-0.15, -0.1) is 6.58 Å². The van der Waals surface area contributed by atoms with Gasteiger partial charge >= 0.3 is 0 Å². The zero-order valence-electron chi connectivity index (χ0n) is 12.2. The number of amidine groups is 1. The molecule has 116 valence electrons. The second-order valence-corrected chi connectivity index (χ2v) is 5.71. The number of nitrogens with zero attached hydrogens (tertiary/aromatic N) is 1. The molecule has 1 atom stereocenters. The number of benzene rings is 1. The third-order valence-electron chi connectivity index (χ3n) is 2.86. The van der Waals surface area contributed by atoms with Crippen molar-refractivity contribution in [1.82, 2.24) is 5.32 Å². The van der Waals surface area contributed by atoms with Gasteiger partial charge in [-0.25, -0.2) is 0 Å². The Bertz CT molecular complexity index is 616. The van der Waals surface area contributed by atoms with E-state index in [0.717, 1.165) is 0 Å². The minimum Gasteiger partial charge on any atom is -0.497 e. The van der Waals surface area contributed by atoms with E-state index in [1.807, 2.05) is 0 Å². The zero-order valence-corrected chi connectivity index (χ0v) is 13.0. The number of hydrogen-bond acceptors (Lipinski definition) is 5. The van der Waals surface area contributed by atoms with Crippen LogP contribution in [0.4, 0.5) is 5.69 Å². The molecule has 2 rings (SSSR count). The Morgan fingerprint density at radius 3 is 3.14 bits per heavy atom. The van der Waals surface area contributed by atoms with Gasteiger partial charge in [-0.1, -0.05) is 23.9 Å². The van der Waals surface area contributed by atoms with E-state index < -0.39 is 5.25 Å². The van der Waals surface area contributed by atoms with E-state index in [0.29, 0.717) is 23.1 Å². The minimum absolute atomic E-state index is 0.0841. The van der Waals surface area contributed by atoms with E-state index >= 15 is 0 Å². The van der Waals surface area contributed by atoms with Gasteiger partial charge in [-0.05, 0) is 12.1 Å². The number of anilines is 1. The molecule has 1 saturated heterocycles. The number of methoxy groups -OCH3 is 1. The number of thioether (sulfide) groups is 1. The largest absolute Gasteiger partial charge is 0.497 e. The number of ether oxygens (including phenoxy) is 1. The summed E-state index contributed by atoms with van der Waals surface area (Å²) in [5, 5.41) is 5.47. The van der Waals surface area contributed by atoms with Gasteiger partial charge in [-0.2, -0.15) is 0 Å². The summed E-state index contributed by atoms with van der Waals surface area (Å²) in [5.41, 5.74) is 0.633. The summed E-state index contributed by atoms with van der Waals surface area (Å²) in [4.78, 5) is 28.0. The molecule has 1 aromatic rings. The highest BCUT2D eigenvalue weighted by molar-refractivity contribution is 8.15. The smallest absolute Gasteiger partial charge is 0.240 e. The van der Waals surface area contributed by atoms with Crippen molar-refractivity contribution in [1.29, 1.82) is 0 Å². The third kappa shape index (κ3) is 4.36. The molecule has 1 aliphatic rings. The van der Waals surface area contributed by atoms with Crippen LogP contribution in [0.1, 0.15) is 6.42 Å². The summed E-state index contributed by atoms with van der Waals surface area (Å²) < 4.78 is 5.10. The molecule has 6 nitrogen and oxygen atoms in total.